The maximum Gasteiger partial charge on any atom is 0.146 e. The van der Waals surface area contributed by atoms with Crippen LogP contribution in [0.2, 0.25) is 0 Å². The van der Waals surface area contributed by atoms with E-state index in [1.807, 2.05) is 27.0 Å². The third kappa shape index (κ3) is 3.24. The second-order valence-electron chi connectivity index (χ2n) is 5.42. The van der Waals surface area contributed by atoms with Crippen molar-refractivity contribution >= 4 is 5.82 Å². The summed E-state index contributed by atoms with van der Waals surface area (Å²) in [6.07, 6.45) is 3.76. The Morgan fingerprint density at radius 3 is 2.89 bits per heavy atom. The molecular formula is C15H22N4. The normalized spacial score (nSPS) is 18.9. The SMILES string of the molecule is Cc1cc(C)c(C#N)c(N(C)CC2CCCCN2)n1. The van der Waals surface area contributed by atoms with E-state index in [0.29, 0.717) is 11.6 Å². The van der Waals surface area contributed by atoms with Gasteiger partial charge < -0.3 is 10.2 Å². The fourth-order valence-electron chi connectivity index (χ4n) is 2.73. The molecule has 1 fully saturated rings. The third-order valence-electron chi connectivity index (χ3n) is 3.71. The number of nitriles is 1. The number of pyridine rings is 1. The molecule has 4 nitrogen and oxygen atoms in total. The predicted molar refractivity (Wildman–Crippen MR) is 77.3 cm³/mol. The molecule has 2 rings (SSSR count). The van der Waals surface area contributed by atoms with Gasteiger partial charge in [-0.15, -0.1) is 0 Å². The van der Waals surface area contributed by atoms with Gasteiger partial charge in [0.1, 0.15) is 11.9 Å². The molecule has 0 aromatic carbocycles. The smallest absolute Gasteiger partial charge is 0.146 e. The van der Waals surface area contributed by atoms with Crippen molar-refractivity contribution in [3.05, 3.63) is 22.9 Å². The van der Waals surface area contributed by atoms with Crippen LogP contribution in [-0.4, -0.2) is 31.2 Å². The van der Waals surface area contributed by atoms with Crippen LogP contribution in [0.15, 0.2) is 6.07 Å². The van der Waals surface area contributed by atoms with Crippen LogP contribution in [0.4, 0.5) is 5.82 Å². The fraction of sp³-hybridized carbons (Fsp3) is 0.600. The zero-order valence-corrected chi connectivity index (χ0v) is 12.0. The number of nitrogens with one attached hydrogen (secondary N) is 1. The molecule has 0 spiro atoms. The maximum atomic E-state index is 9.31. The molecule has 1 saturated heterocycles. The number of likely N-dealkylation sites (N-methyl/N-ethyl adjacent to an activating group) is 1. The summed E-state index contributed by atoms with van der Waals surface area (Å²) in [5.74, 6) is 0.812. The van der Waals surface area contributed by atoms with Crippen molar-refractivity contribution in [3.8, 4) is 6.07 Å². The van der Waals surface area contributed by atoms with E-state index in [2.05, 4.69) is 21.3 Å². The van der Waals surface area contributed by atoms with Crippen LogP contribution in [0.25, 0.3) is 0 Å². The summed E-state index contributed by atoms with van der Waals surface area (Å²) >= 11 is 0. The number of aromatic nitrogens is 1. The highest BCUT2D eigenvalue weighted by Crippen LogP contribution is 2.21. The van der Waals surface area contributed by atoms with E-state index in [1.54, 1.807) is 0 Å². The average molecular weight is 258 g/mol. The molecule has 19 heavy (non-hydrogen) atoms. The van der Waals surface area contributed by atoms with Crippen LogP contribution in [-0.2, 0) is 0 Å². The Morgan fingerprint density at radius 1 is 1.47 bits per heavy atom. The molecule has 102 valence electrons. The van der Waals surface area contributed by atoms with Crippen LogP contribution in [0.1, 0.15) is 36.1 Å². The highest BCUT2D eigenvalue weighted by molar-refractivity contribution is 5.57. The predicted octanol–water partition coefficient (Wildman–Crippen LogP) is 2.15. The van der Waals surface area contributed by atoms with Gasteiger partial charge in [0, 0.05) is 25.3 Å². The molecule has 1 unspecified atom stereocenters. The van der Waals surface area contributed by atoms with Gasteiger partial charge in [-0.2, -0.15) is 5.26 Å². The van der Waals surface area contributed by atoms with Gasteiger partial charge in [-0.3, -0.25) is 0 Å². The number of anilines is 1. The lowest BCUT2D eigenvalue weighted by Crippen LogP contribution is -2.43. The van der Waals surface area contributed by atoms with Crippen LogP contribution in [0.5, 0.6) is 0 Å². The summed E-state index contributed by atoms with van der Waals surface area (Å²) < 4.78 is 0. The van der Waals surface area contributed by atoms with E-state index in [4.69, 9.17) is 0 Å². The van der Waals surface area contributed by atoms with Gasteiger partial charge in [-0.1, -0.05) is 6.42 Å². The maximum absolute atomic E-state index is 9.31. The first-order chi connectivity index (χ1) is 9.11. The van der Waals surface area contributed by atoms with Crippen LogP contribution >= 0.6 is 0 Å². The third-order valence-corrected chi connectivity index (χ3v) is 3.71. The molecule has 0 aliphatic carbocycles. The molecular weight excluding hydrogens is 236 g/mol. The van der Waals surface area contributed by atoms with Gasteiger partial charge >= 0.3 is 0 Å². The van der Waals surface area contributed by atoms with Crippen LogP contribution < -0.4 is 10.2 Å². The first-order valence-electron chi connectivity index (χ1n) is 6.94. The minimum atomic E-state index is 0.507. The second kappa shape index (κ2) is 6.03. The second-order valence-corrected chi connectivity index (χ2v) is 5.42. The van der Waals surface area contributed by atoms with E-state index >= 15 is 0 Å². The molecule has 1 aliphatic heterocycles. The lowest BCUT2D eigenvalue weighted by Gasteiger charge is -2.29. The molecule has 2 heterocycles. The van der Waals surface area contributed by atoms with Gasteiger partial charge in [-0.25, -0.2) is 4.98 Å². The van der Waals surface area contributed by atoms with Crippen LogP contribution in [0, 0.1) is 25.2 Å². The van der Waals surface area contributed by atoms with Crippen molar-refractivity contribution < 1.29 is 0 Å². The van der Waals surface area contributed by atoms with Gasteiger partial charge in [0.2, 0.25) is 0 Å². The summed E-state index contributed by atoms with van der Waals surface area (Å²) in [6.45, 7) is 5.96. The Bertz CT molecular complexity index is 484. The van der Waals surface area contributed by atoms with E-state index in [-0.39, 0.29) is 0 Å². The fourth-order valence-corrected chi connectivity index (χ4v) is 2.73. The number of piperidine rings is 1. The zero-order valence-electron chi connectivity index (χ0n) is 12.0. The van der Waals surface area contributed by atoms with E-state index in [9.17, 15) is 5.26 Å². The molecule has 0 radical (unpaired) electrons. The van der Waals surface area contributed by atoms with Crippen molar-refractivity contribution in [2.75, 3.05) is 25.0 Å². The molecule has 1 aromatic heterocycles. The summed E-state index contributed by atoms with van der Waals surface area (Å²) in [5, 5.41) is 12.8. The van der Waals surface area contributed by atoms with Gasteiger partial charge in [0.05, 0.1) is 5.56 Å². The van der Waals surface area contributed by atoms with E-state index < -0.39 is 0 Å². The first kappa shape index (κ1) is 13.8. The van der Waals surface area contributed by atoms with Crippen molar-refractivity contribution in [1.82, 2.24) is 10.3 Å². The quantitative estimate of drug-likeness (QED) is 0.902. The van der Waals surface area contributed by atoms with Gasteiger partial charge in [-0.05, 0) is 44.9 Å². The van der Waals surface area contributed by atoms with Crippen molar-refractivity contribution in [3.63, 3.8) is 0 Å². The highest BCUT2D eigenvalue weighted by Gasteiger charge is 2.18. The zero-order chi connectivity index (χ0) is 13.8. The summed E-state index contributed by atoms with van der Waals surface area (Å²) in [5.41, 5.74) is 2.67. The lowest BCUT2D eigenvalue weighted by molar-refractivity contribution is 0.403. The van der Waals surface area contributed by atoms with Gasteiger partial charge in [0.15, 0.2) is 0 Å². The minimum absolute atomic E-state index is 0.507. The topological polar surface area (TPSA) is 52.0 Å². The summed E-state index contributed by atoms with van der Waals surface area (Å²) in [6, 6.07) is 4.76. The number of hydrogen-bond donors (Lipinski definition) is 1. The monoisotopic (exact) mass is 258 g/mol. The Labute approximate surface area is 115 Å². The Balaban J connectivity index is 2.18. The van der Waals surface area contributed by atoms with E-state index in [1.165, 1.54) is 19.3 Å². The number of hydrogen-bond acceptors (Lipinski definition) is 4. The van der Waals surface area contributed by atoms with Crippen LogP contribution in [0.3, 0.4) is 0 Å². The standard InChI is InChI=1S/C15H22N4/c1-11-8-12(2)18-15(14(11)9-16)19(3)10-13-6-4-5-7-17-13/h8,13,17H,4-7,10H2,1-3H3. The Hall–Kier alpha value is -1.60. The van der Waals surface area contributed by atoms with Crippen molar-refractivity contribution in [2.45, 2.75) is 39.2 Å². The van der Waals surface area contributed by atoms with E-state index in [0.717, 1.165) is 30.2 Å². The number of aryl methyl sites for hydroxylation is 2. The first-order valence-corrected chi connectivity index (χ1v) is 6.94. The molecule has 1 aromatic rings. The summed E-state index contributed by atoms with van der Waals surface area (Å²) in [7, 11) is 2.03. The molecule has 1 N–H and O–H groups in total. The lowest BCUT2D eigenvalue weighted by atomic mass is 10.0. The average Bonchev–Trinajstić information content (AvgIpc) is 2.39. The summed E-state index contributed by atoms with van der Waals surface area (Å²) in [4.78, 5) is 6.66. The number of nitrogens with zero attached hydrogens (tertiary/aromatic N) is 3. The molecule has 4 heteroatoms. The highest BCUT2D eigenvalue weighted by atomic mass is 15.2. The molecule has 1 atom stereocenters. The minimum Gasteiger partial charge on any atom is -0.357 e. The van der Waals surface area contributed by atoms with Crippen molar-refractivity contribution in [1.29, 1.82) is 5.26 Å². The van der Waals surface area contributed by atoms with Crippen molar-refractivity contribution in [2.24, 2.45) is 0 Å². The van der Waals surface area contributed by atoms with Gasteiger partial charge in [0.25, 0.3) is 0 Å². The molecule has 0 amide bonds. The Morgan fingerprint density at radius 2 is 2.26 bits per heavy atom. The number of rotatable bonds is 3. The molecule has 0 bridgehead atoms. The largest absolute Gasteiger partial charge is 0.357 e. The molecule has 1 aliphatic rings. The Kier molecular flexibility index (Phi) is 4.39. The molecule has 0 saturated carbocycles.